The molecule has 8 nitrogen and oxygen atoms in total. The number of thiocarbonyl (C=S) groups is 1. The molecule has 0 bridgehead atoms. The number of hydrogen-bond donors (Lipinski definition) is 2. The summed E-state index contributed by atoms with van der Waals surface area (Å²) in [6.45, 7) is 0. The summed E-state index contributed by atoms with van der Waals surface area (Å²) in [5.74, 6) is -3.98. The lowest BCUT2D eigenvalue weighted by atomic mass is 10.1. The number of carboxylic acids is 2. The van der Waals surface area contributed by atoms with Crippen molar-refractivity contribution in [1.82, 2.24) is 4.90 Å². The van der Waals surface area contributed by atoms with Gasteiger partial charge >= 0.3 is 17.9 Å². The maximum atomic E-state index is 12.5. The standard InChI is InChI=1S/C16H13NO7S2/c1-24-15(23)9-4-2-8(3-5-9)6-11-13(20)17(16(25)26-11)10(14(21)22)7-12(18)19/h2-6,10H,7H2,1H3,(H,18,19)(H,21,22)/b11-6-/t10-/m1/s1. The summed E-state index contributed by atoms with van der Waals surface area (Å²) in [7, 11) is 1.26. The predicted octanol–water partition coefficient (Wildman–Crippen LogP) is 1.60. The van der Waals surface area contributed by atoms with Crippen LogP contribution in [0.4, 0.5) is 0 Å². The van der Waals surface area contributed by atoms with E-state index in [-0.39, 0.29) is 9.23 Å². The first-order chi connectivity index (χ1) is 12.2. The van der Waals surface area contributed by atoms with Crippen LogP contribution in [0, 0.1) is 0 Å². The number of thioether (sulfide) groups is 1. The maximum Gasteiger partial charge on any atom is 0.337 e. The van der Waals surface area contributed by atoms with Gasteiger partial charge in [-0.15, -0.1) is 0 Å². The summed E-state index contributed by atoms with van der Waals surface area (Å²) in [5.41, 5.74) is 0.924. The van der Waals surface area contributed by atoms with Crippen molar-refractivity contribution in [2.24, 2.45) is 0 Å². The Morgan fingerprint density at radius 1 is 1.27 bits per heavy atom. The SMILES string of the molecule is COC(=O)c1ccc(/C=C2\SC(=S)N([C@H](CC(=O)O)C(=O)O)C2=O)cc1. The van der Waals surface area contributed by atoms with Gasteiger partial charge in [0, 0.05) is 0 Å². The number of carbonyl (C=O) groups is 4. The van der Waals surface area contributed by atoms with Crippen LogP contribution >= 0.6 is 24.0 Å². The summed E-state index contributed by atoms with van der Waals surface area (Å²) >= 11 is 5.93. The van der Waals surface area contributed by atoms with Crippen LogP contribution in [0.25, 0.3) is 6.08 Å². The number of methoxy groups -OCH3 is 1. The Hall–Kier alpha value is -2.72. The predicted molar refractivity (Wildman–Crippen MR) is 96.5 cm³/mol. The number of ether oxygens (including phenoxy) is 1. The molecule has 0 saturated carbocycles. The zero-order chi connectivity index (χ0) is 19.4. The Labute approximate surface area is 157 Å². The molecule has 0 aliphatic carbocycles. The highest BCUT2D eigenvalue weighted by Gasteiger charge is 2.41. The Balaban J connectivity index is 2.27. The molecule has 1 fully saturated rings. The monoisotopic (exact) mass is 395 g/mol. The molecule has 1 heterocycles. The van der Waals surface area contributed by atoms with E-state index in [0.29, 0.717) is 11.1 Å². The minimum atomic E-state index is -1.58. The molecular formula is C16H13NO7S2. The number of aliphatic carboxylic acids is 2. The number of nitrogens with zero attached hydrogens (tertiary/aromatic N) is 1. The van der Waals surface area contributed by atoms with E-state index in [2.05, 4.69) is 4.74 Å². The molecule has 1 atom stereocenters. The fourth-order valence-electron chi connectivity index (χ4n) is 2.19. The molecule has 1 aromatic carbocycles. The van der Waals surface area contributed by atoms with Gasteiger partial charge in [-0.05, 0) is 23.8 Å². The highest BCUT2D eigenvalue weighted by Crippen LogP contribution is 2.34. The van der Waals surface area contributed by atoms with Crippen molar-refractivity contribution < 1.29 is 34.1 Å². The van der Waals surface area contributed by atoms with Crippen LogP contribution in [0.15, 0.2) is 29.2 Å². The van der Waals surface area contributed by atoms with Crippen molar-refractivity contribution in [2.75, 3.05) is 7.11 Å². The van der Waals surface area contributed by atoms with Gasteiger partial charge < -0.3 is 14.9 Å². The van der Waals surface area contributed by atoms with E-state index in [1.54, 1.807) is 12.1 Å². The molecule has 2 N–H and O–H groups in total. The first-order valence-corrected chi connectivity index (χ1v) is 8.37. The third-order valence-corrected chi connectivity index (χ3v) is 4.75. The van der Waals surface area contributed by atoms with Gasteiger partial charge in [-0.2, -0.15) is 0 Å². The first-order valence-electron chi connectivity index (χ1n) is 7.14. The fraction of sp³-hybridized carbons (Fsp3) is 0.188. The Bertz CT molecular complexity index is 816. The van der Waals surface area contributed by atoms with Gasteiger partial charge in [-0.1, -0.05) is 36.1 Å². The number of carboxylic acid groups (broad SMARTS) is 2. The molecule has 0 radical (unpaired) electrons. The van der Waals surface area contributed by atoms with Gasteiger partial charge in [0.25, 0.3) is 5.91 Å². The van der Waals surface area contributed by atoms with Crippen LogP contribution in [-0.4, -0.2) is 56.4 Å². The van der Waals surface area contributed by atoms with Gasteiger partial charge in [0.15, 0.2) is 0 Å². The summed E-state index contributed by atoms with van der Waals surface area (Å²) in [6.07, 6.45) is 0.725. The molecule has 1 saturated heterocycles. The third kappa shape index (κ3) is 4.27. The molecule has 1 amide bonds. The second-order valence-electron chi connectivity index (χ2n) is 5.12. The second-order valence-corrected chi connectivity index (χ2v) is 6.79. The van der Waals surface area contributed by atoms with Crippen molar-refractivity contribution in [1.29, 1.82) is 0 Å². The van der Waals surface area contributed by atoms with Crippen LogP contribution in [0.2, 0.25) is 0 Å². The molecule has 26 heavy (non-hydrogen) atoms. The average Bonchev–Trinajstić information content (AvgIpc) is 2.86. The van der Waals surface area contributed by atoms with E-state index in [4.69, 9.17) is 17.3 Å². The van der Waals surface area contributed by atoms with Crippen molar-refractivity contribution in [3.05, 3.63) is 40.3 Å². The number of hydrogen-bond acceptors (Lipinski definition) is 7. The zero-order valence-electron chi connectivity index (χ0n) is 13.4. The van der Waals surface area contributed by atoms with Crippen LogP contribution in [0.5, 0.6) is 0 Å². The minimum absolute atomic E-state index is 0.0268. The molecule has 1 aliphatic heterocycles. The Morgan fingerprint density at radius 3 is 2.38 bits per heavy atom. The van der Waals surface area contributed by atoms with Crippen LogP contribution in [0.3, 0.4) is 0 Å². The number of amides is 1. The molecule has 136 valence electrons. The lowest BCUT2D eigenvalue weighted by molar-refractivity contribution is -0.150. The first kappa shape index (κ1) is 19.6. The Morgan fingerprint density at radius 2 is 1.88 bits per heavy atom. The lowest BCUT2D eigenvalue weighted by Gasteiger charge is -2.21. The van der Waals surface area contributed by atoms with E-state index >= 15 is 0 Å². The number of carbonyl (C=O) groups excluding carboxylic acids is 2. The summed E-state index contributed by atoms with van der Waals surface area (Å²) < 4.78 is 4.57. The van der Waals surface area contributed by atoms with E-state index in [1.165, 1.54) is 25.3 Å². The fourth-order valence-corrected chi connectivity index (χ4v) is 3.54. The molecule has 10 heteroatoms. The molecule has 0 unspecified atom stereocenters. The van der Waals surface area contributed by atoms with Gasteiger partial charge in [-0.25, -0.2) is 9.59 Å². The normalized spacial score (nSPS) is 16.7. The minimum Gasteiger partial charge on any atom is -0.481 e. The maximum absolute atomic E-state index is 12.5. The van der Waals surface area contributed by atoms with Gasteiger partial charge in [-0.3, -0.25) is 14.5 Å². The van der Waals surface area contributed by atoms with E-state index < -0.39 is 36.3 Å². The largest absolute Gasteiger partial charge is 0.481 e. The van der Waals surface area contributed by atoms with E-state index in [1.807, 2.05) is 0 Å². The molecule has 0 spiro atoms. The lowest BCUT2D eigenvalue weighted by Crippen LogP contribution is -2.45. The van der Waals surface area contributed by atoms with E-state index in [9.17, 15) is 24.3 Å². The molecule has 2 rings (SSSR count). The van der Waals surface area contributed by atoms with Crippen molar-refractivity contribution in [3.63, 3.8) is 0 Å². The molecular weight excluding hydrogens is 382 g/mol. The number of rotatable bonds is 6. The quantitative estimate of drug-likeness (QED) is 0.420. The average molecular weight is 395 g/mol. The van der Waals surface area contributed by atoms with E-state index in [0.717, 1.165) is 16.7 Å². The molecule has 0 aromatic heterocycles. The second kappa shape index (κ2) is 8.11. The highest BCUT2D eigenvalue weighted by atomic mass is 32.2. The van der Waals surface area contributed by atoms with Crippen molar-refractivity contribution in [3.8, 4) is 0 Å². The van der Waals surface area contributed by atoms with Crippen LogP contribution in [-0.2, 0) is 19.1 Å². The third-order valence-electron chi connectivity index (χ3n) is 3.42. The molecule has 1 aliphatic rings. The summed E-state index contributed by atoms with van der Waals surface area (Å²) in [4.78, 5) is 47.0. The van der Waals surface area contributed by atoms with Gasteiger partial charge in [0.2, 0.25) is 0 Å². The topological polar surface area (TPSA) is 121 Å². The number of esters is 1. The summed E-state index contributed by atoms with van der Waals surface area (Å²) in [6, 6.07) is 4.63. The van der Waals surface area contributed by atoms with Crippen LogP contribution < -0.4 is 0 Å². The number of benzene rings is 1. The molecule has 1 aromatic rings. The van der Waals surface area contributed by atoms with Gasteiger partial charge in [0.05, 0.1) is 24.0 Å². The summed E-state index contributed by atoms with van der Waals surface area (Å²) in [5, 5.41) is 18.1. The van der Waals surface area contributed by atoms with Crippen molar-refractivity contribution in [2.45, 2.75) is 12.5 Å². The zero-order valence-corrected chi connectivity index (χ0v) is 15.0. The smallest absolute Gasteiger partial charge is 0.337 e. The van der Waals surface area contributed by atoms with Gasteiger partial charge in [0.1, 0.15) is 10.4 Å². The van der Waals surface area contributed by atoms with Crippen molar-refractivity contribution >= 4 is 58.2 Å². The van der Waals surface area contributed by atoms with Crippen LogP contribution in [0.1, 0.15) is 22.3 Å². The Kier molecular flexibility index (Phi) is 6.11. The highest BCUT2D eigenvalue weighted by molar-refractivity contribution is 8.26.